The molecule has 2 atom stereocenters. The first-order valence-corrected chi connectivity index (χ1v) is 9.48. The summed E-state index contributed by atoms with van der Waals surface area (Å²) in [6, 6.07) is 3.37. The molecule has 1 saturated heterocycles. The smallest absolute Gasteiger partial charge is 0.207 e. The predicted octanol–water partition coefficient (Wildman–Crippen LogP) is 4.34. The summed E-state index contributed by atoms with van der Waals surface area (Å²) in [6.45, 7) is 11.0. The largest absolute Gasteiger partial charge is 0.355 e. The molecule has 136 valence electrons. The van der Waals surface area contributed by atoms with Crippen molar-refractivity contribution in [2.45, 2.75) is 84.8 Å². The van der Waals surface area contributed by atoms with Gasteiger partial charge in [0.1, 0.15) is 5.15 Å². The summed E-state index contributed by atoms with van der Waals surface area (Å²) < 4.78 is 0. The van der Waals surface area contributed by atoms with E-state index in [9.17, 15) is 4.79 Å². The maximum Gasteiger partial charge on any atom is 0.207 e. The van der Waals surface area contributed by atoms with Crippen LogP contribution in [-0.2, 0) is 11.3 Å². The van der Waals surface area contributed by atoms with Gasteiger partial charge in [-0.1, -0.05) is 25.4 Å². The molecule has 2 fully saturated rings. The zero-order valence-corrected chi connectivity index (χ0v) is 16.4. The van der Waals surface area contributed by atoms with Crippen LogP contribution in [0, 0.1) is 6.92 Å². The molecule has 24 heavy (non-hydrogen) atoms. The Morgan fingerprint density at radius 2 is 1.83 bits per heavy atom. The summed E-state index contributed by atoms with van der Waals surface area (Å²) in [6.07, 6.45) is 5.83. The van der Waals surface area contributed by atoms with E-state index in [1.807, 2.05) is 26.8 Å². The van der Waals surface area contributed by atoms with E-state index in [1.165, 1.54) is 25.7 Å². The highest BCUT2D eigenvalue weighted by Gasteiger charge is 2.27. The molecule has 2 heterocycles. The second-order valence-electron chi connectivity index (χ2n) is 6.43. The summed E-state index contributed by atoms with van der Waals surface area (Å²) in [7, 11) is 0. The van der Waals surface area contributed by atoms with Crippen LogP contribution in [0.1, 0.15) is 76.1 Å². The van der Waals surface area contributed by atoms with Gasteiger partial charge in [-0.15, -0.1) is 0 Å². The molecule has 5 heteroatoms. The second-order valence-corrected chi connectivity index (χ2v) is 6.82. The highest BCUT2D eigenvalue weighted by molar-refractivity contribution is 6.29. The van der Waals surface area contributed by atoms with E-state index in [-0.39, 0.29) is 0 Å². The van der Waals surface area contributed by atoms with Crippen LogP contribution < -0.4 is 10.6 Å². The van der Waals surface area contributed by atoms with Crippen LogP contribution in [0.5, 0.6) is 0 Å². The van der Waals surface area contributed by atoms with Crippen molar-refractivity contribution in [3.63, 3.8) is 0 Å². The number of pyridine rings is 1. The Hall–Kier alpha value is -1.13. The van der Waals surface area contributed by atoms with Crippen molar-refractivity contribution in [1.82, 2.24) is 15.6 Å². The van der Waals surface area contributed by atoms with E-state index in [0.717, 1.165) is 28.9 Å². The number of amides is 1. The quantitative estimate of drug-likeness (QED) is 0.625. The summed E-state index contributed by atoms with van der Waals surface area (Å²) in [5.41, 5.74) is 3.32. The Morgan fingerprint density at radius 1 is 1.25 bits per heavy atom. The maximum atomic E-state index is 10.2. The zero-order chi connectivity index (χ0) is 18.1. The van der Waals surface area contributed by atoms with Crippen LogP contribution in [0.4, 0.5) is 0 Å². The highest BCUT2D eigenvalue weighted by atomic mass is 35.5. The SMILES string of the molecule is CC.CC1CCC(C)N1.Cc1c(CNC=O)cc(Cl)nc1C1CC1. The number of carbonyl (C=O) groups excluding carboxylic acids is 1. The van der Waals surface area contributed by atoms with Crippen molar-refractivity contribution in [2.75, 3.05) is 0 Å². The third kappa shape index (κ3) is 6.78. The monoisotopic (exact) mass is 353 g/mol. The minimum Gasteiger partial charge on any atom is -0.355 e. The van der Waals surface area contributed by atoms with Crippen LogP contribution in [0.25, 0.3) is 0 Å². The predicted molar refractivity (Wildman–Crippen MR) is 102 cm³/mol. The van der Waals surface area contributed by atoms with Gasteiger partial charge in [-0.2, -0.15) is 0 Å². The van der Waals surface area contributed by atoms with E-state index in [1.54, 1.807) is 0 Å². The molecule has 1 amide bonds. The molecule has 3 rings (SSSR count). The van der Waals surface area contributed by atoms with Crippen molar-refractivity contribution >= 4 is 18.0 Å². The van der Waals surface area contributed by atoms with E-state index in [4.69, 9.17) is 11.6 Å². The molecule has 0 bridgehead atoms. The maximum absolute atomic E-state index is 10.2. The first kappa shape index (κ1) is 20.9. The molecule has 1 aromatic rings. The van der Waals surface area contributed by atoms with Gasteiger partial charge >= 0.3 is 0 Å². The van der Waals surface area contributed by atoms with Gasteiger partial charge in [0.15, 0.2) is 0 Å². The number of nitrogens with zero attached hydrogens (tertiary/aromatic N) is 1. The lowest BCUT2D eigenvalue weighted by molar-refractivity contribution is -0.109. The minimum absolute atomic E-state index is 0.519. The Balaban J connectivity index is 0.000000268. The van der Waals surface area contributed by atoms with Gasteiger partial charge in [-0.05, 0) is 63.6 Å². The molecule has 0 aromatic carbocycles. The standard InChI is InChI=1S/C11H13ClN2O.C6H13N.C2H6/c1-7-9(5-13-6-15)4-10(12)14-11(7)8-2-3-8;1-5-3-4-6(2)7-5;1-2/h4,6,8H,2-3,5H2,1H3,(H,13,15);5-7H,3-4H2,1-2H3;1-2H3. The van der Waals surface area contributed by atoms with Crippen LogP contribution in [-0.4, -0.2) is 23.5 Å². The molecular weight excluding hydrogens is 322 g/mol. The van der Waals surface area contributed by atoms with Gasteiger partial charge in [0.05, 0.1) is 0 Å². The van der Waals surface area contributed by atoms with Gasteiger partial charge in [-0.25, -0.2) is 4.98 Å². The first-order chi connectivity index (χ1) is 11.5. The lowest BCUT2D eigenvalue weighted by atomic mass is 10.1. The molecular formula is C19H32ClN3O. The number of rotatable bonds is 4. The van der Waals surface area contributed by atoms with E-state index in [2.05, 4.69) is 29.5 Å². The van der Waals surface area contributed by atoms with Crippen molar-refractivity contribution in [2.24, 2.45) is 0 Å². The molecule has 1 saturated carbocycles. The fraction of sp³-hybridized carbons (Fsp3) is 0.684. The van der Waals surface area contributed by atoms with E-state index < -0.39 is 0 Å². The van der Waals surface area contributed by atoms with Gasteiger partial charge in [-0.3, -0.25) is 4.79 Å². The summed E-state index contributed by atoms with van der Waals surface area (Å²) >= 11 is 5.95. The molecule has 2 N–H and O–H groups in total. The molecule has 2 aliphatic rings. The van der Waals surface area contributed by atoms with Crippen LogP contribution in [0.15, 0.2) is 6.07 Å². The highest BCUT2D eigenvalue weighted by Crippen LogP contribution is 2.41. The summed E-state index contributed by atoms with van der Waals surface area (Å²) in [4.78, 5) is 14.6. The lowest BCUT2D eigenvalue weighted by Crippen LogP contribution is -2.23. The number of hydrogen-bond donors (Lipinski definition) is 2. The third-order valence-corrected chi connectivity index (χ3v) is 4.52. The molecule has 4 nitrogen and oxygen atoms in total. The van der Waals surface area contributed by atoms with Gasteiger partial charge in [0.2, 0.25) is 6.41 Å². The second kappa shape index (κ2) is 10.7. The Kier molecular flexibility index (Phi) is 9.30. The van der Waals surface area contributed by atoms with E-state index >= 15 is 0 Å². The Labute approximate surface area is 151 Å². The zero-order valence-electron chi connectivity index (χ0n) is 15.7. The average Bonchev–Trinajstić information content (AvgIpc) is 3.34. The topological polar surface area (TPSA) is 54.0 Å². The number of halogens is 1. The van der Waals surface area contributed by atoms with Gasteiger partial charge in [0, 0.05) is 30.2 Å². The lowest BCUT2D eigenvalue weighted by Gasteiger charge is -2.10. The fourth-order valence-corrected chi connectivity index (χ4v) is 3.11. The third-order valence-electron chi connectivity index (χ3n) is 4.33. The van der Waals surface area contributed by atoms with E-state index in [0.29, 0.717) is 24.0 Å². The average molecular weight is 354 g/mol. The molecule has 0 spiro atoms. The molecule has 2 unspecified atom stereocenters. The van der Waals surface area contributed by atoms with Gasteiger partial charge < -0.3 is 10.6 Å². The van der Waals surface area contributed by atoms with Crippen LogP contribution in [0.2, 0.25) is 5.15 Å². The first-order valence-electron chi connectivity index (χ1n) is 9.10. The summed E-state index contributed by atoms with van der Waals surface area (Å²) in [5.74, 6) is 0.582. The molecule has 1 aromatic heterocycles. The van der Waals surface area contributed by atoms with Crippen LogP contribution in [0.3, 0.4) is 0 Å². The number of carbonyl (C=O) groups is 1. The molecule has 0 radical (unpaired) electrons. The van der Waals surface area contributed by atoms with Crippen molar-refractivity contribution in [1.29, 1.82) is 0 Å². The van der Waals surface area contributed by atoms with Crippen LogP contribution >= 0.6 is 11.6 Å². The van der Waals surface area contributed by atoms with Crippen molar-refractivity contribution < 1.29 is 4.79 Å². The number of hydrogen-bond acceptors (Lipinski definition) is 3. The van der Waals surface area contributed by atoms with Gasteiger partial charge in [0.25, 0.3) is 0 Å². The Bertz CT molecular complexity index is 510. The number of nitrogens with one attached hydrogen (secondary N) is 2. The van der Waals surface area contributed by atoms with Crippen molar-refractivity contribution in [3.8, 4) is 0 Å². The fourth-order valence-electron chi connectivity index (χ4n) is 2.89. The molecule has 1 aliphatic carbocycles. The normalized spacial score (nSPS) is 21.9. The minimum atomic E-state index is 0.519. The van der Waals surface area contributed by atoms with Crippen molar-refractivity contribution in [3.05, 3.63) is 28.0 Å². The summed E-state index contributed by atoms with van der Waals surface area (Å²) in [5, 5.41) is 6.59. The Morgan fingerprint density at radius 3 is 2.25 bits per heavy atom. The molecule has 1 aliphatic heterocycles. The number of aromatic nitrogens is 1.